The highest BCUT2D eigenvalue weighted by Crippen LogP contribution is 2.45. The molecule has 2 heterocycles. The number of hydrogen-bond donors (Lipinski definition) is 1. The molecular formula is C25H28F3N3O2S. The summed E-state index contributed by atoms with van der Waals surface area (Å²) in [4.78, 5) is 14.6. The fourth-order valence-electron chi connectivity index (χ4n) is 4.42. The highest BCUT2D eigenvalue weighted by molar-refractivity contribution is 7.95. The molecule has 0 unspecified atom stereocenters. The van der Waals surface area contributed by atoms with Crippen LogP contribution < -0.4 is 9.46 Å². The number of hydrogen-bond acceptors (Lipinski definition) is 5. The second-order valence-electron chi connectivity index (χ2n) is 9.30. The van der Waals surface area contributed by atoms with Crippen molar-refractivity contribution in [2.45, 2.75) is 50.7 Å². The molecule has 1 N–H and O–H groups in total. The van der Waals surface area contributed by atoms with Crippen molar-refractivity contribution < 1.29 is 22.7 Å². The van der Waals surface area contributed by atoms with Crippen molar-refractivity contribution in [2.75, 3.05) is 26.2 Å². The molecule has 182 valence electrons. The minimum Gasteiger partial charge on any atom is -0.489 e. The number of amides is 1. The molecule has 0 spiro atoms. The fourth-order valence-corrected chi connectivity index (χ4v) is 5.19. The normalized spacial score (nSPS) is 21.2. The third-order valence-electron chi connectivity index (χ3n) is 6.61. The molecule has 1 saturated carbocycles. The standard InChI is InChI=1S/C25H28F3N3O2S/c26-18-7-6-17(22(27)11-18)14-30-8-1-3-19(15-30)33-24-13-23(28)21(12-20(24)16-4-5-16)25(32)29-34-31-9-2-10-31/h6-7,11-13,16,19H,1-5,8-10,14-15H2,(H,29,32)/t19-/m1/s1. The molecular weight excluding hydrogens is 463 g/mol. The lowest BCUT2D eigenvalue weighted by molar-refractivity contribution is 0.0826. The Kier molecular flexibility index (Phi) is 7.04. The van der Waals surface area contributed by atoms with Gasteiger partial charge in [0, 0.05) is 56.0 Å². The summed E-state index contributed by atoms with van der Waals surface area (Å²) in [5, 5.41) is 0. The van der Waals surface area contributed by atoms with E-state index >= 15 is 0 Å². The van der Waals surface area contributed by atoms with E-state index < -0.39 is 23.4 Å². The number of halogens is 3. The fraction of sp³-hybridized carbons (Fsp3) is 0.480. The molecule has 5 rings (SSSR count). The summed E-state index contributed by atoms with van der Waals surface area (Å²) in [6, 6.07) is 6.62. The van der Waals surface area contributed by atoms with E-state index in [1.54, 1.807) is 6.07 Å². The Hall–Kier alpha value is -2.23. The van der Waals surface area contributed by atoms with Crippen LogP contribution in [0.25, 0.3) is 0 Å². The van der Waals surface area contributed by atoms with Crippen molar-refractivity contribution in [2.24, 2.45) is 0 Å². The Bertz CT molecular complexity index is 1060. The van der Waals surface area contributed by atoms with Gasteiger partial charge in [-0.3, -0.25) is 14.4 Å². The summed E-state index contributed by atoms with van der Waals surface area (Å²) < 4.78 is 53.2. The summed E-state index contributed by atoms with van der Waals surface area (Å²) in [6.07, 6.45) is 4.59. The monoisotopic (exact) mass is 491 g/mol. The number of nitrogens with one attached hydrogen (secondary N) is 1. The van der Waals surface area contributed by atoms with Crippen LogP contribution in [0, 0.1) is 17.5 Å². The van der Waals surface area contributed by atoms with Gasteiger partial charge in [0.25, 0.3) is 5.91 Å². The van der Waals surface area contributed by atoms with E-state index in [2.05, 4.69) is 9.62 Å². The van der Waals surface area contributed by atoms with Crippen LogP contribution in [0.15, 0.2) is 30.3 Å². The molecule has 1 amide bonds. The molecule has 0 bridgehead atoms. The Morgan fingerprint density at radius 2 is 1.85 bits per heavy atom. The smallest absolute Gasteiger partial charge is 0.265 e. The SMILES string of the molecule is O=C(NSN1CCC1)c1cc(C2CC2)c(O[C@@H]2CCCN(Cc3ccc(F)cc3F)C2)cc1F. The first-order chi connectivity index (χ1) is 16.5. The predicted octanol–water partition coefficient (Wildman–Crippen LogP) is 5.02. The van der Waals surface area contributed by atoms with Gasteiger partial charge < -0.3 is 4.74 Å². The van der Waals surface area contributed by atoms with Gasteiger partial charge in [0.1, 0.15) is 29.3 Å². The van der Waals surface area contributed by atoms with Crippen LogP contribution in [0.4, 0.5) is 13.2 Å². The quantitative estimate of drug-likeness (QED) is 0.525. The highest BCUT2D eigenvalue weighted by atomic mass is 32.2. The first-order valence-electron chi connectivity index (χ1n) is 11.8. The zero-order chi connectivity index (χ0) is 23.7. The van der Waals surface area contributed by atoms with Gasteiger partial charge in [-0.25, -0.2) is 17.5 Å². The molecule has 3 aliphatic rings. The zero-order valence-corrected chi connectivity index (χ0v) is 19.7. The number of piperidine rings is 1. The molecule has 5 nitrogen and oxygen atoms in total. The van der Waals surface area contributed by atoms with Gasteiger partial charge >= 0.3 is 0 Å². The van der Waals surface area contributed by atoms with E-state index in [4.69, 9.17) is 4.74 Å². The molecule has 2 aliphatic heterocycles. The minimum absolute atomic E-state index is 0.0410. The van der Waals surface area contributed by atoms with E-state index in [1.807, 2.05) is 4.31 Å². The first-order valence-corrected chi connectivity index (χ1v) is 12.6. The lowest BCUT2D eigenvalue weighted by Crippen LogP contribution is -2.41. The van der Waals surface area contributed by atoms with Crippen molar-refractivity contribution in [3.05, 3.63) is 64.5 Å². The van der Waals surface area contributed by atoms with Crippen molar-refractivity contribution >= 4 is 18.0 Å². The average molecular weight is 492 g/mol. The van der Waals surface area contributed by atoms with Gasteiger partial charge in [0.15, 0.2) is 0 Å². The van der Waals surface area contributed by atoms with Crippen LogP contribution in [-0.2, 0) is 6.54 Å². The average Bonchev–Trinajstić information content (AvgIpc) is 3.60. The number of rotatable bonds is 8. The molecule has 0 radical (unpaired) electrons. The van der Waals surface area contributed by atoms with Crippen molar-refractivity contribution in [1.82, 2.24) is 13.9 Å². The highest BCUT2D eigenvalue weighted by Gasteiger charge is 2.31. The van der Waals surface area contributed by atoms with Crippen molar-refractivity contribution in [3.8, 4) is 5.75 Å². The largest absolute Gasteiger partial charge is 0.489 e. The van der Waals surface area contributed by atoms with Crippen molar-refractivity contribution in [3.63, 3.8) is 0 Å². The maximum atomic E-state index is 14.9. The van der Waals surface area contributed by atoms with Crippen LogP contribution in [0.2, 0.25) is 0 Å². The number of ether oxygens (including phenoxy) is 1. The van der Waals surface area contributed by atoms with E-state index in [1.165, 1.54) is 30.3 Å². The predicted molar refractivity (Wildman–Crippen MR) is 125 cm³/mol. The maximum Gasteiger partial charge on any atom is 0.265 e. The van der Waals surface area contributed by atoms with E-state index in [0.29, 0.717) is 24.4 Å². The molecule has 2 saturated heterocycles. The molecule has 2 aromatic rings. The summed E-state index contributed by atoms with van der Waals surface area (Å²) in [6.45, 7) is 3.55. The number of likely N-dealkylation sites (tertiary alicyclic amines) is 1. The van der Waals surface area contributed by atoms with Gasteiger partial charge in [0.05, 0.1) is 5.56 Å². The third kappa shape index (κ3) is 5.53. The molecule has 0 aromatic heterocycles. The number of nitrogens with zero attached hydrogens (tertiary/aromatic N) is 2. The second kappa shape index (κ2) is 10.2. The Morgan fingerprint density at radius 3 is 2.56 bits per heavy atom. The van der Waals surface area contributed by atoms with E-state index in [9.17, 15) is 18.0 Å². The lowest BCUT2D eigenvalue weighted by atomic mass is 10.0. The van der Waals surface area contributed by atoms with E-state index in [0.717, 1.165) is 63.4 Å². The van der Waals surface area contributed by atoms with Crippen LogP contribution >= 0.6 is 12.1 Å². The molecule has 3 fully saturated rings. The van der Waals surface area contributed by atoms with Crippen LogP contribution in [0.3, 0.4) is 0 Å². The zero-order valence-electron chi connectivity index (χ0n) is 18.9. The minimum atomic E-state index is -0.595. The number of benzene rings is 2. The molecule has 1 aliphatic carbocycles. The lowest BCUT2D eigenvalue weighted by Gasteiger charge is -2.33. The van der Waals surface area contributed by atoms with Gasteiger partial charge in [-0.2, -0.15) is 0 Å². The van der Waals surface area contributed by atoms with Crippen molar-refractivity contribution in [1.29, 1.82) is 0 Å². The molecule has 1 atom stereocenters. The third-order valence-corrected chi connectivity index (χ3v) is 7.51. The van der Waals surface area contributed by atoms with Gasteiger partial charge in [-0.15, -0.1) is 0 Å². The Morgan fingerprint density at radius 1 is 1.03 bits per heavy atom. The van der Waals surface area contributed by atoms with Gasteiger partial charge in [-0.1, -0.05) is 6.07 Å². The Balaban J connectivity index is 1.26. The first kappa shape index (κ1) is 23.5. The topological polar surface area (TPSA) is 44.8 Å². The summed E-state index contributed by atoms with van der Waals surface area (Å²) in [5.74, 6) is -1.41. The summed E-state index contributed by atoms with van der Waals surface area (Å²) in [5.41, 5.74) is 1.36. The van der Waals surface area contributed by atoms with Crippen LogP contribution in [0.1, 0.15) is 59.5 Å². The summed E-state index contributed by atoms with van der Waals surface area (Å²) >= 11 is 1.22. The van der Waals surface area contributed by atoms with Gasteiger partial charge in [0.2, 0.25) is 0 Å². The molecule has 9 heteroatoms. The number of carbonyl (C=O) groups excluding carboxylic acids is 1. The molecule has 34 heavy (non-hydrogen) atoms. The Labute approximate surface area is 201 Å². The summed E-state index contributed by atoms with van der Waals surface area (Å²) in [7, 11) is 0. The van der Waals surface area contributed by atoms with E-state index in [-0.39, 0.29) is 17.6 Å². The van der Waals surface area contributed by atoms with Crippen LogP contribution in [-0.4, -0.2) is 47.4 Å². The van der Waals surface area contributed by atoms with Gasteiger partial charge in [-0.05, 0) is 62.3 Å². The maximum absolute atomic E-state index is 14.9. The number of carbonyl (C=O) groups is 1. The second-order valence-corrected chi connectivity index (χ2v) is 10.2. The molecule has 2 aromatic carbocycles. The van der Waals surface area contributed by atoms with Crippen LogP contribution in [0.5, 0.6) is 5.75 Å².